The summed E-state index contributed by atoms with van der Waals surface area (Å²) >= 11 is 0. The van der Waals surface area contributed by atoms with E-state index in [4.69, 9.17) is 22.6 Å². The van der Waals surface area contributed by atoms with Crippen LogP contribution in [0.3, 0.4) is 0 Å². The van der Waals surface area contributed by atoms with Gasteiger partial charge in [0.2, 0.25) is 76.8 Å². The third-order valence-electron chi connectivity index (χ3n) is 17.3. The molecule has 0 fully saturated rings. The Kier molecular flexibility index (Phi) is 36.6. The minimum atomic E-state index is -2.11. The van der Waals surface area contributed by atoms with Crippen molar-refractivity contribution < 1.29 is 107 Å². The van der Waals surface area contributed by atoms with Crippen molar-refractivity contribution in [2.75, 3.05) is 19.7 Å². The predicted molar refractivity (Wildman–Crippen MR) is 395 cm³/mol. The summed E-state index contributed by atoms with van der Waals surface area (Å²) in [6.07, 6.45) is -2.45. The number of aliphatic hydroxyl groups excluding tert-OH is 1. The van der Waals surface area contributed by atoms with Gasteiger partial charge in [-0.3, -0.25) is 77.3 Å². The molecule has 0 aliphatic rings. The maximum Gasteiger partial charge on any atom is 0.326 e. The van der Waals surface area contributed by atoms with E-state index in [1.54, 1.807) is 51.2 Å². The number of carboxylic acid groups (broad SMARTS) is 3. The lowest BCUT2D eigenvalue weighted by atomic mass is 9.96. The van der Waals surface area contributed by atoms with Crippen LogP contribution in [0.5, 0.6) is 11.5 Å². The number of primary amides is 1. The number of para-hydroxylation sites is 1. The number of phenolic OH excluding ortho intramolecular Hbond substituents is 2. The van der Waals surface area contributed by atoms with Gasteiger partial charge in [0.1, 0.15) is 78.0 Å². The normalized spacial score (nSPS) is 14.6. The first-order valence-corrected chi connectivity index (χ1v) is 35.4. The predicted octanol–water partition coefficient (Wildman–Crippen LogP) is -4.93. The number of aromatic amines is 1. The zero-order valence-electron chi connectivity index (χ0n) is 61.9. The highest BCUT2D eigenvalue weighted by Crippen LogP contribution is 2.21. The number of aromatic hydroxyl groups is 2. The molecule has 4 aromatic rings. The summed E-state index contributed by atoms with van der Waals surface area (Å²) in [6.45, 7) is 7.10. The van der Waals surface area contributed by atoms with Gasteiger partial charge in [-0.1, -0.05) is 76.6 Å². The lowest BCUT2D eigenvalue weighted by molar-refractivity contribution is -0.142. The summed E-state index contributed by atoms with van der Waals surface area (Å²) in [4.78, 5) is 218. The van der Waals surface area contributed by atoms with E-state index in [1.807, 2.05) is 0 Å². The number of aliphatic hydroxyl groups is 1. The van der Waals surface area contributed by atoms with Crippen LogP contribution in [0, 0.1) is 17.2 Å². The van der Waals surface area contributed by atoms with E-state index < -0.39 is 218 Å². The molecule has 0 saturated carbocycles. The summed E-state index contributed by atoms with van der Waals surface area (Å²) < 4.78 is 0. The second kappa shape index (κ2) is 44.7. The van der Waals surface area contributed by atoms with Crippen molar-refractivity contribution in [3.05, 3.63) is 95.7 Å². The molecule has 1 heterocycles. The van der Waals surface area contributed by atoms with E-state index in [0.29, 0.717) is 28.5 Å². The standard InChI is InChI=1S/C71H100N18O22/c1-7-35(4)58(89-67(107)51(30-57(97)98)85-63(103)46(22-23-56(95)96)82-68(108)53(33-90)88-60(100)36(5)79-61(101)44(72)12-10-24-76-71(74)75)69(109)86-48(26-38-14-18-41(91)19-15-38)65(105)84-50(29-54(73)93)62(102)78-32-55(94)81-47(25-34(2)3)64(104)80-37(6)59(99)83-49(28-40-31-77-45-13-9-8-11-43(40)45)66(106)87-52(70(110)111)27-39-16-20-42(92)21-17-39/h8-9,11,13-21,31,34-37,44,46-53,58,77,90-92H,7,10,12,22-30,32-33,72H2,1-6H3,(H2,73,93)(H,78,102)(H,79,101)(H,80,104)(H,81,94)(H,82,108)(H,83,99)(H,84,105)(H,85,103)(H,86,109)(H,87,106)(H,88,100)(H,89,107)(H,95,96)(H,97,98)(H,110,111)(H4,74,75,76)/t35-,36-,37-,44-,46-,47-,48-,49-,50-,51-,52-,53-,58-/m0/s1. The summed E-state index contributed by atoms with van der Waals surface area (Å²) in [5.74, 6) is -20.6. The first kappa shape index (κ1) is 90.9. The van der Waals surface area contributed by atoms with Gasteiger partial charge in [0, 0.05) is 49.3 Å². The molecule has 1 aromatic heterocycles. The van der Waals surface area contributed by atoms with Crippen molar-refractivity contribution in [3.8, 4) is 11.5 Å². The molecule has 3 aromatic carbocycles. The molecule has 0 bridgehead atoms. The maximum atomic E-state index is 14.6. The molecule has 0 radical (unpaired) electrons. The van der Waals surface area contributed by atoms with Crippen molar-refractivity contribution in [3.63, 3.8) is 0 Å². The zero-order valence-corrected chi connectivity index (χ0v) is 61.9. The molecule has 0 unspecified atom stereocenters. The summed E-state index contributed by atoms with van der Waals surface area (Å²) in [7, 11) is 0. The average Bonchev–Trinajstić information content (AvgIpc) is 1.74. The molecule has 0 aliphatic carbocycles. The fourth-order valence-corrected chi connectivity index (χ4v) is 11.0. The number of rotatable bonds is 47. The van der Waals surface area contributed by atoms with Gasteiger partial charge in [0.25, 0.3) is 0 Å². The van der Waals surface area contributed by atoms with Gasteiger partial charge in [-0.2, -0.15) is 0 Å². The SMILES string of the molecule is CC[C@H](C)[C@H](NC(=O)[C@H](CC(=O)O)NC(=O)[C@H](CCC(=O)O)NC(=O)[C@H](CO)NC(=O)[C@H](C)NC(=O)[C@@H](N)CCCNC(=N)N)C(=O)N[C@@H](Cc1ccc(O)cc1)C(=O)N[C@@H](CC(N)=O)C(=O)NCC(=O)N[C@@H](CC(C)C)C(=O)N[C@@H](C)C(=O)N[C@@H](Cc1c[nH]c2ccccc12)C(=O)N[C@@H](Cc1ccc(O)cc1)C(=O)O. The summed E-state index contributed by atoms with van der Waals surface area (Å²) in [6, 6.07) is -1.64. The fraction of sp³-hybridized carbons (Fsp3) is 0.479. The Labute approximate surface area is 636 Å². The Morgan fingerprint density at radius 1 is 0.486 bits per heavy atom. The number of nitrogens with two attached hydrogens (primary N) is 3. The zero-order chi connectivity index (χ0) is 82.9. The maximum absolute atomic E-state index is 14.6. The van der Waals surface area contributed by atoms with Crippen LogP contribution < -0.4 is 86.3 Å². The largest absolute Gasteiger partial charge is 0.508 e. The number of phenols is 2. The molecule has 40 heteroatoms. The number of carbonyl (C=O) groups excluding carboxylic acids is 13. The highest BCUT2D eigenvalue weighted by atomic mass is 16.4. The van der Waals surface area contributed by atoms with E-state index in [0.717, 1.165) is 0 Å². The van der Waals surface area contributed by atoms with E-state index in [1.165, 1.54) is 69.3 Å². The Morgan fingerprint density at radius 3 is 1.50 bits per heavy atom. The molecule has 4 rings (SSSR count). The fourth-order valence-electron chi connectivity index (χ4n) is 11.0. The minimum Gasteiger partial charge on any atom is -0.508 e. The molecular weight excluding hydrogens is 1460 g/mol. The van der Waals surface area contributed by atoms with Crippen LogP contribution in [0.25, 0.3) is 10.9 Å². The van der Waals surface area contributed by atoms with Crippen LogP contribution in [0.4, 0.5) is 0 Å². The van der Waals surface area contributed by atoms with Crippen molar-refractivity contribution in [1.29, 1.82) is 5.41 Å². The Bertz CT molecular complexity index is 3970. The Hall–Kier alpha value is -12.5. The summed E-state index contributed by atoms with van der Waals surface area (Å²) in [5, 5.41) is 98.3. The quantitative estimate of drug-likeness (QED) is 0.0112. The Morgan fingerprint density at radius 2 is 0.964 bits per heavy atom. The van der Waals surface area contributed by atoms with Crippen molar-refractivity contribution in [1.82, 2.24) is 74.1 Å². The molecule has 0 aliphatic heterocycles. The molecule has 111 heavy (non-hydrogen) atoms. The van der Waals surface area contributed by atoms with E-state index in [2.05, 4.69) is 74.1 Å². The van der Waals surface area contributed by atoms with Crippen molar-refractivity contribution in [2.45, 2.75) is 185 Å². The number of hydrogen-bond donors (Lipinski definition) is 24. The molecule has 0 saturated heterocycles. The number of H-pyrrole nitrogens is 1. The monoisotopic (exact) mass is 1560 g/mol. The number of aromatic nitrogens is 1. The molecular formula is C71H100N18O22. The lowest BCUT2D eigenvalue weighted by Gasteiger charge is -2.29. The highest BCUT2D eigenvalue weighted by Gasteiger charge is 2.38. The van der Waals surface area contributed by atoms with Gasteiger partial charge >= 0.3 is 17.9 Å². The summed E-state index contributed by atoms with van der Waals surface area (Å²) in [5.41, 5.74) is 18.7. The van der Waals surface area contributed by atoms with Gasteiger partial charge in [-0.25, -0.2) is 4.79 Å². The number of nitrogens with one attached hydrogen (secondary N) is 15. The van der Waals surface area contributed by atoms with Gasteiger partial charge in [0.05, 0.1) is 32.0 Å². The second-order valence-corrected chi connectivity index (χ2v) is 26.8. The van der Waals surface area contributed by atoms with Gasteiger partial charge < -0.3 is 122 Å². The topological polar surface area (TPSA) is 669 Å². The second-order valence-electron chi connectivity index (χ2n) is 26.8. The number of guanidine groups is 1. The number of aliphatic carboxylic acids is 3. The third kappa shape index (κ3) is 31.3. The number of hydrogen-bond acceptors (Lipinski definition) is 21. The van der Waals surface area contributed by atoms with E-state index in [9.17, 15) is 107 Å². The average molecular weight is 1560 g/mol. The van der Waals surface area contributed by atoms with Crippen molar-refractivity contribution in [2.24, 2.45) is 29.0 Å². The Balaban J connectivity index is 1.50. The molecule has 13 atom stereocenters. The first-order valence-electron chi connectivity index (χ1n) is 35.4. The number of fused-ring (bicyclic) bond motifs is 1. The van der Waals surface area contributed by atoms with Gasteiger partial charge in [-0.05, 0) is 98.4 Å². The first-order chi connectivity index (χ1) is 52.3. The molecule has 40 nitrogen and oxygen atoms in total. The molecule has 0 spiro atoms. The molecule has 13 amide bonds. The third-order valence-corrected chi connectivity index (χ3v) is 17.3. The minimum absolute atomic E-state index is 0.0519. The lowest BCUT2D eigenvalue weighted by Crippen LogP contribution is -2.61. The smallest absolute Gasteiger partial charge is 0.326 e. The van der Waals surface area contributed by atoms with Crippen LogP contribution in [0.2, 0.25) is 0 Å². The van der Waals surface area contributed by atoms with Gasteiger partial charge in [0.15, 0.2) is 5.96 Å². The van der Waals surface area contributed by atoms with Crippen molar-refractivity contribution >= 4 is 112 Å². The van der Waals surface area contributed by atoms with Gasteiger partial charge in [-0.15, -0.1) is 0 Å². The van der Waals surface area contributed by atoms with Crippen LogP contribution in [0.1, 0.15) is 110 Å². The molecule has 27 N–H and O–H groups in total. The van der Waals surface area contributed by atoms with E-state index >= 15 is 0 Å². The van der Waals surface area contributed by atoms with Crippen LogP contribution in [-0.4, -0.2) is 228 Å². The number of carboxylic acids is 3. The van der Waals surface area contributed by atoms with Crippen LogP contribution >= 0.6 is 0 Å². The highest BCUT2D eigenvalue weighted by molar-refractivity contribution is 6.01. The number of carbonyl (C=O) groups is 16. The number of amides is 13. The van der Waals surface area contributed by atoms with Crippen LogP contribution in [-0.2, 0) is 96.0 Å². The molecule has 606 valence electrons. The number of benzene rings is 3. The van der Waals surface area contributed by atoms with Crippen LogP contribution in [0.15, 0.2) is 79.0 Å². The van der Waals surface area contributed by atoms with E-state index in [-0.39, 0.29) is 67.6 Å².